The number of aliphatic hydroxyl groups excluding tert-OH is 1. The van der Waals surface area contributed by atoms with Crippen molar-refractivity contribution in [2.45, 2.75) is 38.1 Å². The van der Waals surface area contributed by atoms with E-state index in [0.717, 1.165) is 13.1 Å². The summed E-state index contributed by atoms with van der Waals surface area (Å²) in [5, 5.41) is 17.7. The Morgan fingerprint density at radius 2 is 2.14 bits per heavy atom. The second kappa shape index (κ2) is 3.88. The number of nitriles is 1. The first-order chi connectivity index (χ1) is 6.79. The Labute approximate surface area is 85.3 Å². The molecule has 0 saturated heterocycles. The summed E-state index contributed by atoms with van der Waals surface area (Å²) in [7, 11) is 0. The molecular weight excluding hydrogens is 176 g/mol. The Morgan fingerprint density at radius 1 is 1.43 bits per heavy atom. The van der Waals surface area contributed by atoms with Crippen molar-refractivity contribution in [3.63, 3.8) is 0 Å². The maximum absolute atomic E-state index is 8.95. The van der Waals surface area contributed by atoms with Gasteiger partial charge in [-0.2, -0.15) is 5.26 Å². The van der Waals surface area contributed by atoms with Crippen molar-refractivity contribution >= 4 is 0 Å². The summed E-state index contributed by atoms with van der Waals surface area (Å²) in [6.07, 6.45) is 5.66. The zero-order chi connectivity index (χ0) is 10.0. The highest BCUT2D eigenvalue weighted by Crippen LogP contribution is 2.50. The zero-order valence-electron chi connectivity index (χ0n) is 8.58. The van der Waals surface area contributed by atoms with Crippen LogP contribution in [0.15, 0.2) is 0 Å². The van der Waals surface area contributed by atoms with Crippen molar-refractivity contribution in [2.75, 3.05) is 19.7 Å². The second-order valence-corrected chi connectivity index (χ2v) is 4.76. The fraction of sp³-hybridized carbons (Fsp3) is 0.909. The highest BCUT2D eigenvalue weighted by atomic mass is 16.3. The summed E-state index contributed by atoms with van der Waals surface area (Å²) in [5.41, 5.74) is 0.298. The van der Waals surface area contributed by atoms with Crippen molar-refractivity contribution < 1.29 is 5.11 Å². The molecule has 0 heterocycles. The zero-order valence-corrected chi connectivity index (χ0v) is 8.58. The van der Waals surface area contributed by atoms with E-state index in [1.54, 1.807) is 0 Å². The van der Waals surface area contributed by atoms with Crippen molar-refractivity contribution in [3.8, 4) is 6.07 Å². The monoisotopic (exact) mass is 194 g/mol. The number of aliphatic hydroxyl groups is 1. The number of rotatable bonds is 6. The van der Waals surface area contributed by atoms with Crippen LogP contribution in [0.3, 0.4) is 0 Å². The van der Waals surface area contributed by atoms with Crippen LogP contribution in [0.2, 0.25) is 0 Å². The third kappa shape index (κ3) is 2.26. The molecule has 14 heavy (non-hydrogen) atoms. The third-order valence-electron chi connectivity index (χ3n) is 3.40. The van der Waals surface area contributed by atoms with Crippen LogP contribution in [0.1, 0.15) is 32.1 Å². The average Bonchev–Trinajstić information content (AvgIpc) is 2.98. The maximum atomic E-state index is 8.95. The highest BCUT2D eigenvalue weighted by molar-refractivity contribution is 5.02. The molecule has 2 aliphatic carbocycles. The van der Waals surface area contributed by atoms with Gasteiger partial charge in [-0.3, -0.25) is 4.90 Å². The quantitative estimate of drug-likeness (QED) is 0.689. The van der Waals surface area contributed by atoms with Gasteiger partial charge in [-0.25, -0.2) is 0 Å². The minimum Gasteiger partial charge on any atom is -0.395 e. The number of hydrogen-bond acceptors (Lipinski definition) is 3. The van der Waals surface area contributed by atoms with Crippen molar-refractivity contribution in [3.05, 3.63) is 0 Å². The summed E-state index contributed by atoms with van der Waals surface area (Å²) in [6.45, 7) is 2.07. The Balaban J connectivity index is 1.84. The minimum absolute atomic E-state index is 0.249. The van der Waals surface area contributed by atoms with Crippen LogP contribution in [-0.2, 0) is 0 Å². The van der Waals surface area contributed by atoms with Gasteiger partial charge in [0.1, 0.15) is 0 Å². The average molecular weight is 194 g/mol. The molecule has 3 nitrogen and oxygen atoms in total. The van der Waals surface area contributed by atoms with E-state index in [0.29, 0.717) is 17.9 Å². The number of hydrogen-bond donors (Lipinski definition) is 1. The standard InChI is InChI=1S/C11H18N2O/c12-6-5-11(3-4-11)9-13(7-8-14)10-1-2-10/h10,14H,1-5,7-9H2. The van der Waals surface area contributed by atoms with Gasteiger partial charge in [0.15, 0.2) is 0 Å². The van der Waals surface area contributed by atoms with E-state index in [-0.39, 0.29) is 6.61 Å². The Morgan fingerprint density at radius 3 is 2.57 bits per heavy atom. The molecular formula is C11H18N2O. The molecule has 0 bridgehead atoms. The highest BCUT2D eigenvalue weighted by Gasteiger charge is 2.45. The normalized spacial score (nSPS) is 23.5. The summed E-state index contributed by atoms with van der Waals surface area (Å²) in [6, 6.07) is 2.99. The number of nitrogens with zero attached hydrogens (tertiary/aromatic N) is 2. The molecule has 0 radical (unpaired) electrons. The summed E-state index contributed by atoms with van der Waals surface area (Å²) >= 11 is 0. The lowest BCUT2D eigenvalue weighted by molar-refractivity contribution is 0.162. The van der Waals surface area contributed by atoms with Gasteiger partial charge in [-0.15, -0.1) is 0 Å². The van der Waals surface area contributed by atoms with Crippen LogP contribution >= 0.6 is 0 Å². The van der Waals surface area contributed by atoms with Gasteiger partial charge >= 0.3 is 0 Å². The minimum atomic E-state index is 0.249. The molecule has 78 valence electrons. The molecule has 1 N–H and O–H groups in total. The van der Waals surface area contributed by atoms with E-state index >= 15 is 0 Å². The van der Waals surface area contributed by atoms with E-state index in [9.17, 15) is 0 Å². The first kappa shape index (κ1) is 9.95. The first-order valence-corrected chi connectivity index (χ1v) is 5.51. The lowest BCUT2D eigenvalue weighted by Crippen LogP contribution is -2.34. The molecule has 2 aliphatic rings. The van der Waals surface area contributed by atoms with Crippen molar-refractivity contribution in [1.82, 2.24) is 4.90 Å². The van der Waals surface area contributed by atoms with Crippen molar-refractivity contribution in [2.24, 2.45) is 5.41 Å². The van der Waals surface area contributed by atoms with E-state index < -0.39 is 0 Å². The van der Waals surface area contributed by atoms with Gasteiger partial charge in [-0.1, -0.05) is 0 Å². The summed E-state index contributed by atoms with van der Waals surface area (Å²) in [5.74, 6) is 0. The lowest BCUT2D eigenvalue weighted by Gasteiger charge is -2.25. The van der Waals surface area contributed by atoms with E-state index in [1.165, 1.54) is 25.7 Å². The van der Waals surface area contributed by atoms with Crippen molar-refractivity contribution in [1.29, 1.82) is 5.26 Å². The Bertz CT molecular complexity index is 238. The van der Waals surface area contributed by atoms with E-state index in [4.69, 9.17) is 10.4 Å². The molecule has 2 fully saturated rings. The fourth-order valence-electron chi connectivity index (χ4n) is 2.12. The summed E-state index contributed by atoms with van der Waals surface area (Å²) in [4.78, 5) is 2.38. The molecule has 0 amide bonds. The Kier molecular flexibility index (Phi) is 2.76. The molecule has 0 aromatic rings. The van der Waals surface area contributed by atoms with Gasteiger partial charge in [0.05, 0.1) is 12.7 Å². The van der Waals surface area contributed by atoms with Crippen LogP contribution in [0.4, 0.5) is 0 Å². The molecule has 2 rings (SSSR count). The van der Waals surface area contributed by atoms with Gasteiger partial charge in [-0.05, 0) is 31.1 Å². The second-order valence-electron chi connectivity index (χ2n) is 4.76. The summed E-state index contributed by atoms with van der Waals surface area (Å²) < 4.78 is 0. The van der Waals surface area contributed by atoms with Gasteiger partial charge < -0.3 is 5.11 Å². The van der Waals surface area contributed by atoms with Crippen LogP contribution in [0.25, 0.3) is 0 Å². The Hall–Kier alpha value is -0.590. The molecule has 0 aliphatic heterocycles. The maximum Gasteiger partial charge on any atom is 0.0628 e. The molecule has 0 aromatic carbocycles. The molecule has 0 aromatic heterocycles. The molecule has 0 unspecified atom stereocenters. The van der Waals surface area contributed by atoms with Crippen LogP contribution in [-0.4, -0.2) is 35.7 Å². The SMILES string of the molecule is N#CCC1(CN(CCO)C2CC2)CC1. The topological polar surface area (TPSA) is 47.3 Å². The largest absolute Gasteiger partial charge is 0.395 e. The van der Waals surface area contributed by atoms with Gasteiger partial charge in [0, 0.05) is 25.6 Å². The van der Waals surface area contributed by atoms with Gasteiger partial charge in [0.25, 0.3) is 0 Å². The molecule has 2 saturated carbocycles. The smallest absolute Gasteiger partial charge is 0.0628 e. The third-order valence-corrected chi connectivity index (χ3v) is 3.40. The molecule has 3 heteroatoms. The van der Waals surface area contributed by atoms with Crippen LogP contribution in [0.5, 0.6) is 0 Å². The fourth-order valence-corrected chi connectivity index (χ4v) is 2.12. The van der Waals surface area contributed by atoms with E-state index in [2.05, 4.69) is 11.0 Å². The predicted molar refractivity (Wildman–Crippen MR) is 53.6 cm³/mol. The van der Waals surface area contributed by atoms with E-state index in [1.807, 2.05) is 0 Å². The van der Waals surface area contributed by atoms with Crippen LogP contribution < -0.4 is 0 Å². The van der Waals surface area contributed by atoms with Crippen LogP contribution in [0, 0.1) is 16.7 Å². The lowest BCUT2D eigenvalue weighted by atomic mass is 10.0. The first-order valence-electron chi connectivity index (χ1n) is 5.51. The van der Waals surface area contributed by atoms with Gasteiger partial charge in [0.2, 0.25) is 0 Å². The predicted octanol–water partition coefficient (Wildman–Crippen LogP) is 1.14. The molecule has 0 atom stereocenters. The molecule has 0 spiro atoms.